The number of nitrogens with zero attached hydrogens (tertiary/aromatic N) is 6. The number of benzene rings is 1. The third kappa shape index (κ3) is 4.69. The van der Waals surface area contributed by atoms with E-state index in [4.69, 9.17) is 21.1 Å². The molecule has 3 fully saturated rings. The molecule has 1 aromatic carbocycles. The Hall–Kier alpha value is -2.65. The minimum absolute atomic E-state index is 0.00197. The average Bonchev–Trinajstić information content (AvgIpc) is 3.55. The van der Waals surface area contributed by atoms with Crippen LogP contribution in [-0.4, -0.2) is 84.3 Å². The van der Waals surface area contributed by atoms with E-state index in [2.05, 4.69) is 20.6 Å². The van der Waals surface area contributed by atoms with Crippen molar-refractivity contribution in [2.45, 2.75) is 74.5 Å². The first kappa shape index (κ1) is 27.5. The molecule has 5 atom stereocenters. The van der Waals surface area contributed by atoms with E-state index in [1.165, 1.54) is 30.1 Å². The number of hydrogen-bond acceptors (Lipinski definition) is 8. The van der Waals surface area contributed by atoms with Gasteiger partial charge in [-0.15, -0.1) is 10.2 Å². The third-order valence-electron chi connectivity index (χ3n) is 8.33. The maximum Gasteiger partial charge on any atom is 0.249 e. The fourth-order valence-electron chi connectivity index (χ4n) is 6.49. The summed E-state index contributed by atoms with van der Waals surface area (Å²) in [7, 11) is 1.42. The molecule has 2 saturated carbocycles. The van der Waals surface area contributed by atoms with Crippen molar-refractivity contribution in [1.29, 1.82) is 0 Å². The molecule has 1 saturated heterocycles. The van der Waals surface area contributed by atoms with E-state index in [9.17, 15) is 27.8 Å². The maximum absolute atomic E-state index is 14.5. The fourth-order valence-corrected chi connectivity index (χ4v) is 6.63. The van der Waals surface area contributed by atoms with E-state index >= 15 is 0 Å². The van der Waals surface area contributed by atoms with Crippen molar-refractivity contribution in [2.75, 3.05) is 13.7 Å². The minimum atomic E-state index is -2.57. The van der Waals surface area contributed by atoms with E-state index < -0.39 is 54.6 Å². The Labute approximate surface area is 230 Å². The summed E-state index contributed by atoms with van der Waals surface area (Å²) < 4.78 is 69.7. The van der Waals surface area contributed by atoms with Crippen LogP contribution in [0.25, 0.3) is 11.3 Å². The van der Waals surface area contributed by atoms with Crippen LogP contribution in [0.3, 0.4) is 0 Å². The molecule has 10 nitrogen and oxygen atoms in total. The molecule has 0 radical (unpaired) electrons. The van der Waals surface area contributed by atoms with Crippen molar-refractivity contribution in [3.63, 3.8) is 0 Å². The summed E-state index contributed by atoms with van der Waals surface area (Å²) in [6, 6.07) is 1.55. The summed E-state index contributed by atoms with van der Waals surface area (Å²) in [6.45, 7) is -0.375. The first-order valence-electron chi connectivity index (χ1n) is 12.8. The maximum atomic E-state index is 14.5. The lowest BCUT2D eigenvalue weighted by Crippen LogP contribution is -2.57. The number of methoxy groups -OCH3 is 1. The molecule has 0 unspecified atom stereocenters. The molecule has 1 aliphatic heterocycles. The molecule has 1 spiro atoms. The van der Waals surface area contributed by atoms with Gasteiger partial charge in [-0.05, 0) is 30.4 Å². The number of aliphatic hydroxyl groups excluding tert-OH is 2. The summed E-state index contributed by atoms with van der Waals surface area (Å²) in [5.41, 5.74) is 0.249. The highest BCUT2D eigenvalue weighted by atomic mass is 35.5. The lowest BCUT2D eigenvalue weighted by molar-refractivity contribution is -0.216. The van der Waals surface area contributed by atoms with Gasteiger partial charge < -0.3 is 19.7 Å². The second kappa shape index (κ2) is 10.0. The van der Waals surface area contributed by atoms with Gasteiger partial charge >= 0.3 is 0 Å². The van der Waals surface area contributed by atoms with E-state index in [1.54, 1.807) is 10.9 Å². The lowest BCUT2D eigenvalue weighted by Gasteiger charge is -2.56. The zero-order valence-corrected chi connectivity index (χ0v) is 22.1. The molecular weight excluding hydrogens is 560 g/mol. The molecule has 2 aromatic heterocycles. The van der Waals surface area contributed by atoms with Crippen LogP contribution in [0.2, 0.25) is 5.02 Å². The molecule has 216 valence electrons. The van der Waals surface area contributed by atoms with Crippen LogP contribution in [0.1, 0.15) is 43.3 Å². The lowest BCUT2D eigenvalue weighted by atomic mass is 9.50. The first-order valence-corrected chi connectivity index (χ1v) is 13.2. The van der Waals surface area contributed by atoms with Crippen LogP contribution in [0.4, 0.5) is 17.6 Å². The zero-order chi connectivity index (χ0) is 28.4. The smallest absolute Gasteiger partial charge is 0.249 e. The van der Waals surface area contributed by atoms with Crippen LogP contribution < -0.4 is 0 Å². The second-order valence-corrected chi connectivity index (χ2v) is 11.5. The van der Waals surface area contributed by atoms with Crippen LogP contribution >= 0.6 is 11.6 Å². The molecule has 0 bridgehead atoms. The summed E-state index contributed by atoms with van der Waals surface area (Å²) in [5, 5.41) is 36.9. The Balaban J connectivity index is 1.20. The molecule has 2 N–H and O–H groups in total. The Kier molecular flexibility index (Phi) is 6.89. The highest BCUT2D eigenvalue weighted by Gasteiger charge is 2.62. The van der Waals surface area contributed by atoms with E-state index in [1.807, 2.05) is 0 Å². The van der Waals surface area contributed by atoms with Crippen molar-refractivity contribution >= 4 is 11.6 Å². The van der Waals surface area contributed by atoms with Crippen LogP contribution in [-0.2, 0) is 16.0 Å². The number of rotatable bonds is 7. The van der Waals surface area contributed by atoms with Crippen LogP contribution in [0.5, 0.6) is 0 Å². The standard InChI is InChI=1S/C25H27ClF4N6O4/c1-39-23-17(8-35-6-15(31-33-35)12-4-24(5-12)10-25(29,30)11-24)40-18(9-37)22(38)21(23)36-7-16(32-34-36)13-2-3-14(26)20(28)19(13)27/h2-3,6-7,12,17-18,21-23,37-38H,4-5,8-11H2,1H3/t17-,18-,21+,22+,23+/m1/s1. The SMILES string of the molecule is CO[C@@H]1[C@@H](n2cc(-c3ccc(Cl)c(F)c3F)nn2)[C@@H](O)[C@@H](CO)O[C@@H]1Cn1cc(C2CC3(C2)CC(F)(F)C3)nn1. The number of ether oxygens (including phenoxy) is 2. The van der Waals surface area contributed by atoms with E-state index in [0.29, 0.717) is 18.5 Å². The van der Waals surface area contributed by atoms with Crippen molar-refractivity contribution in [2.24, 2.45) is 5.41 Å². The van der Waals surface area contributed by atoms with Gasteiger partial charge in [0.25, 0.3) is 0 Å². The largest absolute Gasteiger partial charge is 0.394 e. The molecule has 2 aliphatic carbocycles. The van der Waals surface area contributed by atoms with Crippen molar-refractivity contribution in [3.8, 4) is 11.3 Å². The number of halogens is 5. The summed E-state index contributed by atoms with van der Waals surface area (Å²) >= 11 is 5.65. The minimum Gasteiger partial charge on any atom is -0.394 e. The van der Waals surface area contributed by atoms with Gasteiger partial charge in [-0.3, -0.25) is 0 Å². The van der Waals surface area contributed by atoms with Crippen LogP contribution in [0, 0.1) is 17.0 Å². The Bertz CT molecular complexity index is 1390. The predicted molar refractivity (Wildman–Crippen MR) is 131 cm³/mol. The van der Waals surface area contributed by atoms with E-state index in [0.717, 1.165) is 0 Å². The normalized spacial score (nSPS) is 29.4. The van der Waals surface area contributed by atoms with Gasteiger partial charge in [-0.1, -0.05) is 22.0 Å². The van der Waals surface area contributed by atoms with Gasteiger partial charge in [0.05, 0.1) is 30.1 Å². The Morgan fingerprint density at radius 1 is 1.10 bits per heavy atom. The summed E-state index contributed by atoms with van der Waals surface area (Å²) in [5.74, 6) is -4.91. The first-order chi connectivity index (χ1) is 19.0. The molecule has 40 heavy (non-hydrogen) atoms. The quantitative estimate of drug-likeness (QED) is 0.320. The van der Waals surface area contributed by atoms with Crippen molar-refractivity contribution < 1.29 is 37.2 Å². The Morgan fingerprint density at radius 2 is 1.85 bits per heavy atom. The van der Waals surface area contributed by atoms with Gasteiger partial charge in [0.15, 0.2) is 11.6 Å². The monoisotopic (exact) mass is 586 g/mol. The summed E-state index contributed by atoms with van der Waals surface area (Å²) in [6.07, 6.45) is 0.356. The molecule has 3 aliphatic rings. The van der Waals surface area contributed by atoms with Crippen molar-refractivity contribution in [3.05, 3.63) is 46.9 Å². The van der Waals surface area contributed by atoms with Gasteiger partial charge in [-0.25, -0.2) is 26.9 Å². The topological polar surface area (TPSA) is 120 Å². The summed E-state index contributed by atoms with van der Waals surface area (Å²) in [4.78, 5) is 0. The molecule has 6 rings (SSSR count). The molecular formula is C25H27ClF4N6O4. The second-order valence-electron chi connectivity index (χ2n) is 11.1. The number of aromatic nitrogens is 6. The molecule has 0 amide bonds. The fraction of sp³-hybridized carbons (Fsp3) is 0.600. The zero-order valence-electron chi connectivity index (χ0n) is 21.3. The van der Waals surface area contributed by atoms with Crippen LogP contribution in [0.15, 0.2) is 24.5 Å². The van der Waals surface area contributed by atoms with Crippen molar-refractivity contribution in [1.82, 2.24) is 30.0 Å². The molecule has 3 aromatic rings. The highest BCUT2D eigenvalue weighted by Crippen LogP contribution is 2.66. The Morgan fingerprint density at radius 3 is 2.52 bits per heavy atom. The van der Waals surface area contributed by atoms with Gasteiger partial charge in [-0.2, -0.15) is 0 Å². The van der Waals surface area contributed by atoms with E-state index in [-0.39, 0.29) is 47.0 Å². The number of alkyl halides is 2. The average molecular weight is 587 g/mol. The van der Waals surface area contributed by atoms with Gasteiger partial charge in [0.2, 0.25) is 5.92 Å². The van der Waals surface area contributed by atoms with Gasteiger partial charge in [0.1, 0.15) is 36.2 Å². The molecule has 3 heterocycles. The number of hydrogen-bond donors (Lipinski definition) is 2. The number of aliphatic hydroxyl groups is 2. The third-order valence-corrected chi connectivity index (χ3v) is 8.62. The van der Waals surface area contributed by atoms with Gasteiger partial charge in [0, 0.05) is 37.6 Å². The molecule has 15 heteroatoms. The highest BCUT2D eigenvalue weighted by molar-refractivity contribution is 6.30. The predicted octanol–water partition coefficient (Wildman–Crippen LogP) is 3.14.